The number of thioether (sulfide) groups is 1. The third-order valence-electron chi connectivity index (χ3n) is 2.18. The summed E-state index contributed by atoms with van der Waals surface area (Å²) in [6, 6.07) is 8.06. The molecule has 0 bridgehead atoms. The molecular weight excluding hydrogens is 264 g/mol. The highest BCUT2D eigenvalue weighted by Gasteiger charge is 2.00. The van der Waals surface area contributed by atoms with E-state index in [4.69, 9.17) is 9.52 Å². The van der Waals surface area contributed by atoms with Gasteiger partial charge in [0.2, 0.25) is 0 Å². The molecule has 2 rings (SSSR count). The minimum atomic E-state index is 0.129. The van der Waals surface area contributed by atoms with E-state index in [1.54, 1.807) is 17.6 Å². The van der Waals surface area contributed by atoms with Crippen molar-refractivity contribution >= 4 is 23.1 Å². The van der Waals surface area contributed by atoms with Crippen LogP contribution in [-0.2, 0) is 11.5 Å². The summed E-state index contributed by atoms with van der Waals surface area (Å²) in [5.74, 6) is 8.87. The molecule has 0 spiro atoms. The Balaban J connectivity index is 1.78. The van der Waals surface area contributed by atoms with Crippen molar-refractivity contribution in [2.45, 2.75) is 17.9 Å². The SMILES string of the molecule is OCCC#Cc1ccc(CSCc2ccco2)s1. The fourth-order valence-electron chi connectivity index (χ4n) is 1.38. The average molecular weight is 278 g/mol. The second kappa shape index (κ2) is 7.32. The van der Waals surface area contributed by atoms with Crippen LogP contribution in [0.3, 0.4) is 0 Å². The fourth-order valence-corrected chi connectivity index (χ4v) is 3.30. The third-order valence-corrected chi connectivity index (χ3v) is 4.37. The maximum atomic E-state index is 8.64. The van der Waals surface area contributed by atoms with Gasteiger partial charge in [0, 0.05) is 17.1 Å². The van der Waals surface area contributed by atoms with Gasteiger partial charge in [-0.3, -0.25) is 0 Å². The maximum absolute atomic E-state index is 8.64. The molecule has 1 N–H and O–H groups in total. The predicted octanol–water partition coefficient (Wildman–Crippen LogP) is 3.51. The van der Waals surface area contributed by atoms with Gasteiger partial charge in [0.1, 0.15) is 5.76 Å². The largest absolute Gasteiger partial charge is 0.468 e. The van der Waals surface area contributed by atoms with Crippen molar-refractivity contribution in [1.29, 1.82) is 0 Å². The number of hydrogen-bond acceptors (Lipinski definition) is 4. The van der Waals surface area contributed by atoms with E-state index in [1.165, 1.54) is 4.88 Å². The molecule has 0 unspecified atom stereocenters. The summed E-state index contributed by atoms with van der Waals surface area (Å²) in [7, 11) is 0. The van der Waals surface area contributed by atoms with Gasteiger partial charge in [-0.1, -0.05) is 11.8 Å². The first-order valence-electron chi connectivity index (χ1n) is 5.67. The second-order valence-electron chi connectivity index (χ2n) is 3.61. The summed E-state index contributed by atoms with van der Waals surface area (Å²) in [4.78, 5) is 2.39. The minimum absolute atomic E-state index is 0.129. The molecule has 2 heterocycles. The molecule has 18 heavy (non-hydrogen) atoms. The lowest BCUT2D eigenvalue weighted by Gasteiger charge is -1.95. The lowest BCUT2D eigenvalue weighted by molar-refractivity contribution is 0.305. The Morgan fingerprint density at radius 3 is 3.00 bits per heavy atom. The third kappa shape index (κ3) is 4.26. The Morgan fingerprint density at radius 1 is 1.28 bits per heavy atom. The van der Waals surface area contributed by atoms with Gasteiger partial charge in [-0.2, -0.15) is 0 Å². The van der Waals surface area contributed by atoms with Crippen molar-refractivity contribution in [3.8, 4) is 11.8 Å². The molecule has 0 atom stereocenters. The fraction of sp³-hybridized carbons (Fsp3) is 0.286. The Morgan fingerprint density at radius 2 is 2.22 bits per heavy atom. The zero-order chi connectivity index (χ0) is 12.6. The standard InChI is InChI=1S/C14H14O2S2/c15-8-2-1-5-13-6-7-14(18-13)11-17-10-12-4-3-9-16-12/h3-4,6-7,9,15H,2,8,10-11H2. The zero-order valence-electron chi connectivity index (χ0n) is 9.89. The lowest BCUT2D eigenvalue weighted by atomic mass is 10.4. The van der Waals surface area contributed by atoms with Crippen LogP contribution in [-0.4, -0.2) is 11.7 Å². The van der Waals surface area contributed by atoms with Gasteiger partial charge in [-0.25, -0.2) is 0 Å². The molecule has 0 aliphatic heterocycles. The van der Waals surface area contributed by atoms with Crippen LogP contribution in [0.15, 0.2) is 34.9 Å². The number of hydrogen-bond donors (Lipinski definition) is 1. The summed E-state index contributed by atoms with van der Waals surface area (Å²) in [6.45, 7) is 0.129. The summed E-state index contributed by atoms with van der Waals surface area (Å²) < 4.78 is 5.28. The zero-order valence-corrected chi connectivity index (χ0v) is 11.5. The number of aliphatic hydroxyl groups excluding tert-OH is 1. The molecule has 0 aliphatic carbocycles. The van der Waals surface area contributed by atoms with Gasteiger partial charge >= 0.3 is 0 Å². The van der Waals surface area contributed by atoms with Crippen LogP contribution in [0.4, 0.5) is 0 Å². The van der Waals surface area contributed by atoms with Crippen molar-refractivity contribution in [2.75, 3.05) is 6.61 Å². The van der Waals surface area contributed by atoms with E-state index in [2.05, 4.69) is 17.9 Å². The normalized spacial score (nSPS) is 10.1. The van der Waals surface area contributed by atoms with E-state index in [9.17, 15) is 0 Å². The molecule has 0 radical (unpaired) electrons. The summed E-state index contributed by atoms with van der Waals surface area (Å²) in [5.41, 5.74) is 0. The molecule has 0 saturated heterocycles. The molecule has 4 heteroatoms. The highest BCUT2D eigenvalue weighted by molar-refractivity contribution is 7.97. The first-order valence-corrected chi connectivity index (χ1v) is 7.64. The van der Waals surface area contributed by atoms with E-state index in [0.29, 0.717) is 6.42 Å². The average Bonchev–Trinajstić information content (AvgIpc) is 3.01. The van der Waals surface area contributed by atoms with Gasteiger partial charge in [0.25, 0.3) is 0 Å². The predicted molar refractivity (Wildman–Crippen MR) is 76.6 cm³/mol. The van der Waals surface area contributed by atoms with E-state index in [1.807, 2.05) is 30.0 Å². The van der Waals surface area contributed by atoms with Crippen LogP contribution in [0.25, 0.3) is 0 Å². The van der Waals surface area contributed by atoms with Crippen LogP contribution in [0.1, 0.15) is 21.9 Å². The van der Waals surface area contributed by atoms with Crippen molar-refractivity contribution in [3.05, 3.63) is 46.0 Å². The number of thiophene rings is 1. The Labute approximate surface area is 115 Å². The topological polar surface area (TPSA) is 33.4 Å². The molecule has 2 aromatic rings. The maximum Gasteiger partial charge on any atom is 0.113 e. The molecule has 0 aromatic carbocycles. The van der Waals surface area contributed by atoms with Crippen molar-refractivity contribution in [2.24, 2.45) is 0 Å². The lowest BCUT2D eigenvalue weighted by Crippen LogP contribution is -1.76. The molecule has 0 saturated carbocycles. The van der Waals surface area contributed by atoms with E-state index >= 15 is 0 Å². The Bertz CT molecular complexity index is 517. The summed E-state index contributed by atoms with van der Waals surface area (Å²) in [6.07, 6.45) is 2.25. The highest BCUT2D eigenvalue weighted by Crippen LogP contribution is 2.23. The van der Waals surface area contributed by atoms with Crippen LogP contribution in [0, 0.1) is 11.8 Å². The first kappa shape index (κ1) is 13.3. The number of furan rings is 1. The van der Waals surface area contributed by atoms with Crippen LogP contribution in [0.5, 0.6) is 0 Å². The monoisotopic (exact) mass is 278 g/mol. The minimum Gasteiger partial charge on any atom is -0.468 e. The van der Waals surface area contributed by atoms with Crippen molar-refractivity contribution in [3.63, 3.8) is 0 Å². The van der Waals surface area contributed by atoms with Crippen LogP contribution in [0.2, 0.25) is 0 Å². The number of rotatable bonds is 5. The van der Waals surface area contributed by atoms with Gasteiger partial charge in [-0.05, 0) is 24.3 Å². The summed E-state index contributed by atoms with van der Waals surface area (Å²) in [5, 5.41) is 8.64. The van der Waals surface area contributed by atoms with E-state index in [-0.39, 0.29) is 6.61 Å². The van der Waals surface area contributed by atoms with Gasteiger partial charge in [0.05, 0.1) is 23.5 Å². The molecule has 0 fully saturated rings. The van der Waals surface area contributed by atoms with Crippen LogP contribution >= 0.6 is 23.1 Å². The molecule has 0 amide bonds. The van der Waals surface area contributed by atoms with Gasteiger partial charge in [0.15, 0.2) is 0 Å². The van der Waals surface area contributed by atoms with E-state index < -0.39 is 0 Å². The van der Waals surface area contributed by atoms with Crippen molar-refractivity contribution < 1.29 is 9.52 Å². The van der Waals surface area contributed by atoms with E-state index in [0.717, 1.165) is 22.1 Å². The number of aliphatic hydroxyl groups is 1. The molecule has 2 aromatic heterocycles. The molecule has 2 nitrogen and oxygen atoms in total. The first-order chi connectivity index (χ1) is 8.88. The Hall–Kier alpha value is -1.15. The van der Waals surface area contributed by atoms with Gasteiger partial charge < -0.3 is 9.52 Å². The van der Waals surface area contributed by atoms with Crippen molar-refractivity contribution in [1.82, 2.24) is 0 Å². The summed E-state index contributed by atoms with van der Waals surface area (Å²) >= 11 is 3.55. The van der Waals surface area contributed by atoms with Gasteiger partial charge in [-0.15, -0.1) is 23.1 Å². The smallest absolute Gasteiger partial charge is 0.113 e. The quantitative estimate of drug-likeness (QED) is 0.850. The molecular formula is C14H14O2S2. The molecule has 94 valence electrons. The second-order valence-corrected chi connectivity index (χ2v) is 5.77. The highest BCUT2D eigenvalue weighted by atomic mass is 32.2. The van der Waals surface area contributed by atoms with Crippen LogP contribution < -0.4 is 0 Å². The Kier molecular flexibility index (Phi) is 5.40. The molecule has 0 aliphatic rings.